The first-order chi connectivity index (χ1) is 13.6. The molecular formula is C21H26FN5O. The van der Waals surface area contributed by atoms with Gasteiger partial charge in [-0.15, -0.1) is 0 Å². The van der Waals surface area contributed by atoms with Crippen molar-refractivity contribution in [2.24, 2.45) is 11.8 Å². The van der Waals surface area contributed by atoms with Gasteiger partial charge in [-0.1, -0.05) is 0 Å². The summed E-state index contributed by atoms with van der Waals surface area (Å²) >= 11 is 0. The molecule has 1 aromatic heterocycles. The van der Waals surface area contributed by atoms with Crippen molar-refractivity contribution in [1.82, 2.24) is 15.3 Å². The number of anilines is 3. The molecule has 1 saturated carbocycles. The van der Waals surface area contributed by atoms with Crippen molar-refractivity contribution in [3.05, 3.63) is 34.8 Å². The zero-order chi connectivity index (χ0) is 19.3. The summed E-state index contributed by atoms with van der Waals surface area (Å²) in [4.78, 5) is 8.83. The average molecular weight is 383 g/mol. The maximum atomic E-state index is 15.7. The highest BCUT2D eigenvalue weighted by molar-refractivity contribution is 5.64. The highest BCUT2D eigenvalue weighted by atomic mass is 19.1. The van der Waals surface area contributed by atoms with Gasteiger partial charge in [0.2, 0.25) is 5.95 Å². The van der Waals surface area contributed by atoms with Gasteiger partial charge in [-0.05, 0) is 56.7 Å². The molecule has 2 atom stereocenters. The zero-order valence-electron chi connectivity index (χ0n) is 16.3. The van der Waals surface area contributed by atoms with Crippen LogP contribution in [0.5, 0.6) is 5.75 Å². The molecular weight excluding hydrogens is 357 g/mol. The Morgan fingerprint density at radius 3 is 2.71 bits per heavy atom. The first-order valence-electron chi connectivity index (χ1n) is 10.1. The first kappa shape index (κ1) is 17.7. The van der Waals surface area contributed by atoms with Crippen molar-refractivity contribution < 1.29 is 9.13 Å². The van der Waals surface area contributed by atoms with Crippen LogP contribution >= 0.6 is 0 Å². The second-order valence-corrected chi connectivity index (χ2v) is 8.18. The fourth-order valence-electron chi connectivity index (χ4n) is 5.07. The molecule has 3 aliphatic rings. The number of halogens is 1. The van der Waals surface area contributed by atoms with Gasteiger partial charge < -0.3 is 20.7 Å². The molecule has 1 aromatic carbocycles. The molecule has 2 aromatic rings. The number of nitrogens with one attached hydrogen (secondary N) is 3. The second kappa shape index (κ2) is 6.88. The largest absolute Gasteiger partial charge is 0.493 e. The smallest absolute Gasteiger partial charge is 0.229 e. The fourth-order valence-corrected chi connectivity index (χ4v) is 5.07. The van der Waals surface area contributed by atoms with Crippen LogP contribution in [0.25, 0.3) is 0 Å². The van der Waals surface area contributed by atoms with Crippen LogP contribution in [-0.4, -0.2) is 36.7 Å². The van der Waals surface area contributed by atoms with Gasteiger partial charge in [-0.25, -0.2) is 9.37 Å². The summed E-state index contributed by atoms with van der Waals surface area (Å²) in [6.45, 7) is 4.62. The SMILES string of the molecule is CNc1cc(C)nc(Nc2cc3c(c(C4CC5CNCC5C4)c2F)OCC3)n1. The Bertz CT molecular complexity index is 906. The Balaban J connectivity index is 1.52. The molecule has 1 aliphatic carbocycles. The van der Waals surface area contributed by atoms with Crippen LogP contribution in [0.3, 0.4) is 0 Å². The lowest BCUT2D eigenvalue weighted by molar-refractivity contribution is 0.347. The summed E-state index contributed by atoms with van der Waals surface area (Å²) in [6.07, 6.45) is 2.87. The van der Waals surface area contributed by atoms with Crippen LogP contribution < -0.4 is 20.7 Å². The number of ether oxygens (including phenoxy) is 1. The van der Waals surface area contributed by atoms with Crippen LogP contribution in [0.2, 0.25) is 0 Å². The number of benzene rings is 1. The topological polar surface area (TPSA) is 71.1 Å². The van der Waals surface area contributed by atoms with E-state index in [9.17, 15) is 0 Å². The Morgan fingerprint density at radius 2 is 1.96 bits per heavy atom. The molecule has 0 radical (unpaired) electrons. The maximum Gasteiger partial charge on any atom is 0.229 e. The summed E-state index contributed by atoms with van der Waals surface area (Å²) in [6, 6.07) is 3.72. The van der Waals surface area contributed by atoms with E-state index in [0.717, 1.165) is 54.9 Å². The molecule has 7 heteroatoms. The molecule has 2 aliphatic heterocycles. The third-order valence-electron chi connectivity index (χ3n) is 6.36. The van der Waals surface area contributed by atoms with Gasteiger partial charge in [0, 0.05) is 36.4 Å². The summed E-state index contributed by atoms with van der Waals surface area (Å²) in [5.41, 5.74) is 3.11. The summed E-state index contributed by atoms with van der Waals surface area (Å²) < 4.78 is 21.6. The lowest BCUT2D eigenvalue weighted by Gasteiger charge is -2.19. The molecule has 0 bridgehead atoms. The molecule has 28 heavy (non-hydrogen) atoms. The van der Waals surface area contributed by atoms with E-state index in [-0.39, 0.29) is 11.7 Å². The van der Waals surface area contributed by atoms with Crippen molar-refractivity contribution in [2.75, 3.05) is 37.4 Å². The molecule has 148 valence electrons. The third-order valence-corrected chi connectivity index (χ3v) is 6.36. The van der Waals surface area contributed by atoms with E-state index < -0.39 is 0 Å². The van der Waals surface area contributed by atoms with Crippen molar-refractivity contribution in [3.8, 4) is 5.75 Å². The predicted octanol–water partition coefficient (Wildman–Crippen LogP) is 3.36. The van der Waals surface area contributed by atoms with E-state index in [2.05, 4.69) is 25.9 Å². The van der Waals surface area contributed by atoms with Gasteiger partial charge in [-0.3, -0.25) is 0 Å². The minimum absolute atomic E-state index is 0.213. The van der Waals surface area contributed by atoms with E-state index in [0.29, 0.717) is 35.9 Å². The molecule has 3 heterocycles. The third kappa shape index (κ3) is 2.98. The standard InChI is InChI=1S/C21H26FN5O/c1-11-5-17(23-2)27-21(25-11)26-16-8-12-3-4-28-20(12)18(19(16)22)13-6-14-9-24-10-15(14)7-13/h5,8,13-15,24H,3-4,6-7,9-10H2,1-2H3,(H2,23,25,26,27). The molecule has 3 N–H and O–H groups in total. The number of hydrogen-bond acceptors (Lipinski definition) is 6. The van der Waals surface area contributed by atoms with Crippen LogP contribution in [0, 0.1) is 24.6 Å². The Hall–Kier alpha value is -2.41. The maximum absolute atomic E-state index is 15.7. The first-order valence-corrected chi connectivity index (χ1v) is 10.1. The molecule has 0 spiro atoms. The molecule has 0 amide bonds. The normalized spacial score (nSPS) is 25.3. The minimum Gasteiger partial charge on any atom is -0.493 e. The number of nitrogens with zero attached hydrogens (tertiary/aromatic N) is 2. The summed E-state index contributed by atoms with van der Waals surface area (Å²) in [5, 5.41) is 9.61. The molecule has 2 unspecified atom stereocenters. The van der Waals surface area contributed by atoms with Gasteiger partial charge in [0.25, 0.3) is 0 Å². The number of aromatic nitrogens is 2. The van der Waals surface area contributed by atoms with Gasteiger partial charge in [0.15, 0.2) is 5.82 Å². The van der Waals surface area contributed by atoms with Crippen molar-refractivity contribution in [2.45, 2.75) is 32.1 Å². The van der Waals surface area contributed by atoms with Crippen molar-refractivity contribution in [3.63, 3.8) is 0 Å². The molecule has 6 nitrogen and oxygen atoms in total. The van der Waals surface area contributed by atoms with Gasteiger partial charge in [0.05, 0.1) is 12.3 Å². The number of fused-ring (bicyclic) bond motifs is 2. The van der Waals surface area contributed by atoms with E-state index in [4.69, 9.17) is 4.74 Å². The van der Waals surface area contributed by atoms with Crippen LogP contribution in [0.4, 0.5) is 21.8 Å². The second-order valence-electron chi connectivity index (χ2n) is 8.18. The lowest BCUT2D eigenvalue weighted by atomic mass is 9.91. The van der Waals surface area contributed by atoms with E-state index in [1.165, 1.54) is 0 Å². The highest BCUT2D eigenvalue weighted by Crippen LogP contribution is 2.50. The molecule has 2 fully saturated rings. The quantitative estimate of drug-likeness (QED) is 0.752. The monoisotopic (exact) mass is 383 g/mol. The molecule has 1 saturated heterocycles. The van der Waals surface area contributed by atoms with E-state index >= 15 is 4.39 Å². The highest BCUT2D eigenvalue weighted by Gasteiger charge is 2.41. The Kier molecular flexibility index (Phi) is 4.34. The van der Waals surface area contributed by atoms with Crippen LogP contribution in [0.1, 0.15) is 35.6 Å². The van der Waals surface area contributed by atoms with Crippen LogP contribution in [-0.2, 0) is 6.42 Å². The van der Waals surface area contributed by atoms with Crippen LogP contribution in [0.15, 0.2) is 12.1 Å². The zero-order valence-corrected chi connectivity index (χ0v) is 16.3. The Morgan fingerprint density at radius 1 is 1.18 bits per heavy atom. The summed E-state index contributed by atoms with van der Waals surface area (Å²) in [5.74, 6) is 3.19. The average Bonchev–Trinajstić information content (AvgIpc) is 3.37. The number of hydrogen-bond donors (Lipinski definition) is 3. The number of rotatable bonds is 4. The van der Waals surface area contributed by atoms with Crippen molar-refractivity contribution >= 4 is 17.5 Å². The van der Waals surface area contributed by atoms with Gasteiger partial charge >= 0.3 is 0 Å². The number of aryl methyl sites for hydroxylation is 1. The minimum atomic E-state index is -0.213. The van der Waals surface area contributed by atoms with E-state index in [1.54, 1.807) is 0 Å². The lowest BCUT2D eigenvalue weighted by Crippen LogP contribution is -2.13. The molecule has 5 rings (SSSR count). The van der Waals surface area contributed by atoms with Crippen molar-refractivity contribution in [1.29, 1.82) is 0 Å². The van der Waals surface area contributed by atoms with E-state index in [1.807, 2.05) is 26.1 Å². The fraction of sp³-hybridized carbons (Fsp3) is 0.524. The Labute approximate surface area is 164 Å². The van der Waals surface area contributed by atoms with Gasteiger partial charge in [0.1, 0.15) is 11.6 Å². The summed E-state index contributed by atoms with van der Waals surface area (Å²) in [7, 11) is 1.81. The van der Waals surface area contributed by atoms with Gasteiger partial charge in [-0.2, -0.15) is 4.98 Å². The predicted molar refractivity (Wildman–Crippen MR) is 107 cm³/mol.